The van der Waals surface area contributed by atoms with Gasteiger partial charge in [0, 0.05) is 18.3 Å². The van der Waals surface area contributed by atoms with Crippen LogP contribution < -0.4 is 10.6 Å². The normalized spacial score (nSPS) is 10.6. The standard InChI is InChI=1S/C20H16F3N3O2S/c1-11-19(20(28)24-10-12-2-4-13(21)5-3-12)29-18(25-11)9-17(27)26-16-7-14(22)6-15(23)8-16/h2-8H,9-10H2,1H3,(H,24,28)(H,26,27). The van der Waals surface area contributed by atoms with Gasteiger partial charge in [-0.3, -0.25) is 9.59 Å². The number of anilines is 1. The fraction of sp³-hybridized carbons (Fsp3) is 0.150. The first-order valence-corrected chi connectivity index (χ1v) is 9.36. The van der Waals surface area contributed by atoms with Crippen LogP contribution in [-0.2, 0) is 17.8 Å². The summed E-state index contributed by atoms with van der Waals surface area (Å²) < 4.78 is 39.3. The van der Waals surface area contributed by atoms with E-state index in [2.05, 4.69) is 15.6 Å². The first-order chi connectivity index (χ1) is 13.8. The quantitative estimate of drug-likeness (QED) is 0.635. The van der Waals surface area contributed by atoms with Crippen molar-refractivity contribution in [3.63, 3.8) is 0 Å². The second-order valence-electron chi connectivity index (χ2n) is 6.21. The van der Waals surface area contributed by atoms with Crippen molar-refractivity contribution in [2.45, 2.75) is 19.9 Å². The highest BCUT2D eigenvalue weighted by molar-refractivity contribution is 7.13. The predicted molar refractivity (Wildman–Crippen MR) is 103 cm³/mol. The molecule has 0 radical (unpaired) electrons. The summed E-state index contributed by atoms with van der Waals surface area (Å²) in [4.78, 5) is 29.1. The van der Waals surface area contributed by atoms with Crippen LogP contribution in [0, 0.1) is 24.4 Å². The molecule has 29 heavy (non-hydrogen) atoms. The number of rotatable bonds is 6. The number of carbonyl (C=O) groups excluding carboxylic acids is 2. The zero-order valence-corrected chi connectivity index (χ0v) is 16.1. The summed E-state index contributed by atoms with van der Waals surface area (Å²) in [5.74, 6) is -2.83. The van der Waals surface area contributed by atoms with E-state index in [0.717, 1.165) is 29.0 Å². The van der Waals surface area contributed by atoms with Crippen LogP contribution in [0.2, 0.25) is 0 Å². The Morgan fingerprint density at radius 3 is 2.31 bits per heavy atom. The lowest BCUT2D eigenvalue weighted by Crippen LogP contribution is -2.22. The van der Waals surface area contributed by atoms with Crippen LogP contribution in [0.25, 0.3) is 0 Å². The maximum absolute atomic E-state index is 13.2. The number of hydrogen-bond donors (Lipinski definition) is 2. The van der Waals surface area contributed by atoms with Crippen LogP contribution in [0.1, 0.15) is 25.9 Å². The van der Waals surface area contributed by atoms with Crippen molar-refractivity contribution >= 4 is 28.8 Å². The van der Waals surface area contributed by atoms with Crippen molar-refractivity contribution in [1.82, 2.24) is 10.3 Å². The Morgan fingerprint density at radius 1 is 1.00 bits per heavy atom. The smallest absolute Gasteiger partial charge is 0.263 e. The molecule has 0 atom stereocenters. The van der Waals surface area contributed by atoms with E-state index in [-0.39, 0.29) is 30.4 Å². The van der Waals surface area contributed by atoms with Gasteiger partial charge in [0.25, 0.3) is 5.91 Å². The lowest BCUT2D eigenvalue weighted by Gasteiger charge is -2.04. The van der Waals surface area contributed by atoms with E-state index in [9.17, 15) is 22.8 Å². The topological polar surface area (TPSA) is 71.1 Å². The van der Waals surface area contributed by atoms with Gasteiger partial charge in [-0.25, -0.2) is 18.2 Å². The number of benzene rings is 2. The second-order valence-corrected chi connectivity index (χ2v) is 7.30. The monoisotopic (exact) mass is 419 g/mol. The van der Waals surface area contributed by atoms with E-state index in [4.69, 9.17) is 0 Å². The van der Waals surface area contributed by atoms with Gasteiger partial charge in [0.15, 0.2) is 0 Å². The van der Waals surface area contributed by atoms with Gasteiger partial charge in [0.1, 0.15) is 27.3 Å². The number of nitrogens with one attached hydrogen (secondary N) is 2. The number of aryl methyl sites for hydroxylation is 1. The molecule has 0 unspecified atom stereocenters. The van der Waals surface area contributed by atoms with Crippen LogP contribution in [0.15, 0.2) is 42.5 Å². The molecule has 0 fully saturated rings. The van der Waals surface area contributed by atoms with Gasteiger partial charge in [0.05, 0.1) is 12.1 Å². The minimum atomic E-state index is -0.800. The SMILES string of the molecule is Cc1nc(CC(=O)Nc2cc(F)cc(F)c2)sc1C(=O)NCc1ccc(F)cc1. The summed E-state index contributed by atoms with van der Waals surface area (Å²) in [6.07, 6.45) is -0.144. The molecule has 150 valence electrons. The van der Waals surface area contributed by atoms with Crippen LogP contribution >= 0.6 is 11.3 Å². The van der Waals surface area contributed by atoms with Gasteiger partial charge in [0.2, 0.25) is 5.91 Å². The third-order valence-electron chi connectivity index (χ3n) is 3.87. The molecule has 0 saturated heterocycles. The van der Waals surface area contributed by atoms with E-state index in [1.165, 1.54) is 12.1 Å². The average molecular weight is 419 g/mol. The lowest BCUT2D eigenvalue weighted by molar-refractivity contribution is -0.115. The molecule has 3 aromatic rings. The zero-order chi connectivity index (χ0) is 21.0. The number of halogens is 3. The molecule has 2 N–H and O–H groups in total. The van der Waals surface area contributed by atoms with Gasteiger partial charge in [-0.15, -0.1) is 11.3 Å². The van der Waals surface area contributed by atoms with Crippen LogP contribution in [0.5, 0.6) is 0 Å². The number of carbonyl (C=O) groups is 2. The molecule has 3 rings (SSSR count). The number of hydrogen-bond acceptors (Lipinski definition) is 4. The minimum absolute atomic E-state index is 0.00181. The summed E-state index contributed by atoms with van der Waals surface area (Å²) in [5.41, 5.74) is 1.20. The molecule has 0 aliphatic heterocycles. The fourth-order valence-corrected chi connectivity index (χ4v) is 3.55. The lowest BCUT2D eigenvalue weighted by atomic mass is 10.2. The third kappa shape index (κ3) is 5.64. The van der Waals surface area contributed by atoms with Gasteiger partial charge < -0.3 is 10.6 Å². The Balaban J connectivity index is 1.60. The summed E-state index contributed by atoms with van der Waals surface area (Å²) in [6.45, 7) is 1.87. The molecule has 9 heteroatoms. The number of aromatic nitrogens is 1. The van der Waals surface area contributed by atoms with Crippen LogP contribution in [0.3, 0.4) is 0 Å². The van der Waals surface area contributed by atoms with Crippen LogP contribution in [0.4, 0.5) is 18.9 Å². The second kappa shape index (κ2) is 8.87. The minimum Gasteiger partial charge on any atom is -0.347 e. The molecular weight excluding hydrogens is 403 g/mol. The molecular formula is C20H16F3N3O2S. The van der Waals surface area contributed by atoms with E-state index in [1.54, 1.807) is 19.1 Å². The van der Waals surface area contributed by atoms with Crippen molar-refractivity contribution in [2.24, 2.45) is 0 Å². The van der Waals surface area contributed by atoms with Crippen molar-refractivity contribution in [3.8, 4) is 0 Å². The van der Waals surface area contributed by atoms with Gasteiger partial charge in [-0.2, -0.15) is 0 Å². The molecule has 2 amide bonds. The number of thiazole rings is 1. The third-order valence-corrected chi connectivity index (χ3v) is 5.03. The predicted octanol–water partition coefficient (Wildman–Crippen LogP) is 3.98. The highest BCUT2D eigenvalue weighted by Gasteiger charge is 2.17. The average Bonchev–Trinajstić information content (AvgIpc) is 3.00. The van der Waals surface area contributed by atoms with Crippen molar-refractivity contribution in [2.75, 3.05) is 5.32 Å². The van der Waals surface area contributed by atoms with E-state index in [0.29, 0.717) is 21.6 Å². The summed E-state index contributed by atoms with van der Waals surface area (Å²) in [7, 11) is 0. The van der Waals surface area contributed by atoms with Crippen molar-refractivity contribution in [3.05, 3.63) is 81.1 Å². The number of amides is 2. The number of nitrogens with zero attached hydrogens (tertiary/aromatic N) is 1. The Bertz CT molecular complexity index is 1030. The maximum Gasteiger partial charge on any atom is 0.263 e. The first-order valence-electron chi connectivity index (χ1n) is 8.55. The zero-order valence-electron chi connectivity index (χ0n) is 15.3. The first kappa shape index (κ1) is 20.5. The molecule has 0 saturated carbocycles. The van der Waals surface area contributed by atoms with E-state index < -0.39 is 17.5 Å². The molecule has 1 heterocycles. The molecule has 5 nitrogen and oxygen atoms in total. The van der Waals surface area contributed by atoms with Crippen molar-refractivity contribution < 1.29 is 22.8 Å². The molecule has 0 bridgehead atoms. The maximum atomic E-state index is 13.2. The molecule has 0 aliphatic rings. The highest BCUT2D eigenvalue weighted by Crippen LogP contribution is 2.20. The van der Waals surface area contributed by atoms with Gasteiger partial charge >= 0.3 is 0 Å². The molecule has 0 aliphatic carbocycles. The fourth-order valence-electron chi connectivity index (χ4n) is 2.57. The Labute approximate surface area is 168 Å². The molecule has 2 aromatic carbocycles. The van der Waals surface area contributed by atoms with Crippen molar-refractivity contribution in [1.29, 1.82) is 0 Å². The summed E-state index contributed by atoms with van der Waals surface area (Å²) >= 11 is 1.06. The molecule has 1 aromatic heterocycles. The van der Waals surface area contributed by atoms with Crippen LogP contribution in [-0.4, -0.2) is 16.8 Å². The Morgan fingerprint density at radius 2 is 1.66 bits per heavy atom. The largest absolute Gasteiger partial charge is 0.347 e. The molecule has 0 spiro atoms. The highest BCUT2D eigenvalue weighted by atomic mass is 32.1. The van der Waals surface area contributed by atoms with E-state index in [1.807, 2.05) is 0 Å². The summed E-state index contributed by atoms with van der Waals surface area (Å²) in [5, 5.41) is 5.51. The van der Waals surface area contributed by atoms with Gasteiger partial charge in [-0.05, 0) is 36.8 Å². The van der Waals surface area contributed by atoms with Gasteiger partial charge in [-0.1, -0.05) is 12.1 Å². The Hall–Kier alpha value is -3.20. The Kier molecular flexibility index (Phi) is 6.28. The van der Waals surface area contributed by atoms with E-state index >= 15 is 0 Å². The summed E-state index contributed by atoms with van der Waals surface area (Å²) in [6, 6.07) is 8.46.